The maximum absolute atomic E-state index is 13.6. The maximum atomic E-state index is 13.6. The van der Waals surface area contributed by atoms with Crippen molar-refractivity contribution in [1.29, 1.82) is 0 Å². The molecule has 1 heterocycles. The molecule has 0 spiro atoms. The first-order chi connectivity index (χ1) is 14.9. The third kappa shape index (κ3) is 4.32. The molecule has 4 rings (SSSR count). The number of sulfonamides is 1. The number of halogens is 1. The van der Waals surface area contributed by atoms with E-state index in [4.69, 9.17) is 4.98 Å². The van der Waals surface area contributed by atoms with Gasteiger partial charge in [0.2, 0.25) is 0 Å². The van der Waals surface area contributed by atoms with Gasteiger partial charge in [0.05, 0.1) is 21.6 Å². The SMILES string of the molecule is CCn1c(CCc2ccccc2NS(=O)(=O)c2ccc(F)c(C)c2)nc2ccccc21. The van der Waals surface area contributed by atoms with E-state index in [0.717, 1.165) is 29.0 Å². The van der Waals surface area contributed by atoms with Gasteiger partial charge in [-0.25, -0.2) is 17.8 Å². The largest absolute Gasteiger partial charge is 0.328 e. The van der Waals surface area contributed by atoms with Crippen molar-refractivity contribution in [2.75, 3.05) is 4.72 Å². The van der Waals surface area contributed by atoms with Crippen LogP contribution in [0.4, 0.5) is 10.1 Å². The maximum Gasteiger partial charge on any atom is 0.261 e. The van der Waals surface area contributed by atoms with E-state index in [2.05, 4.69) is 22.3 Å². The summed E-state index contributed by atoms with van der Waals surface area (Å²) in [7, 11) is -3.83. The van der Waals surface area contributed by atoms with Crippen LogP contribution >= 0.6 is 0 Å². The van der Waals surface area contributed by atoms with Crippen molar-refractivity contribution in [2.24, 2.45) is 0 Å². The number of hydrogen-bond acceptors (Lipinski definition) is 3. The average Bonchev–Trinajstić information content (AvgIpc) is 3.12. The molecule has 0 saturated carbocycles. The van der Waals surface area contributed by atoms with Crippen molar-refractivity contribution in [3.05, 3.63) is 89.5 Å². The average molecular weight is 438 g/mol. The van der Waals surface area contributed by atoms with Crippen molar-refractivity contribution in [1.82, 2.24) is 9.55 Å². The minimum absolute atomic E-state index is 0.0361. The molecular weight excluding hydrogens is 413 g/mol. The van der Waals surface area contributed by atoms with Crippen molar-refractivity contribution in [2.45, 2.75) is 38.1 Å². The van der Waals surface area contributed by atoms with Gasteiger partial charge in [0.25, 0.3) is 10.0 Å². The Morgan fingerprint density at radius 1 is 1.00 bits per heavy atom. The Morgan fingerprint density at radius 2 is 1.74 bits per heavy atom. The highest BCUT2D eigenvalue weighted by Crippen LogP contribution is 2.24. The quantitative estimate of drug-likeness (QED) is 0.438. The van der Waals surface area contributed by atoms with E-state index in [1.807, 2.05) is 30.3 Å². The van der Waals surface area contributed by atoms with Gasteiger partial charge in [-0.2, -0.15) is 0 Å². The number of fused-ring (bicyclic) bond motifs is 1. The van der Waals surface area contributed by atoms with E-state index in [9.17, 15) is 12.8 Å². The molecule has 1 aromatic heterocycles. The zero-order valence-electron chi connectivity index (χ0n) is 17.5. The number of rotatable bonds is 7. The monoisotopic (exact) mass is 437 g/mol. The number of nitrogens with zero attached hydrogens (tertiary/aromatic N) is 2. The minimum Gasteiger partial charge on any atom is -0.328 e. The fraction of sp³-hybridized carbons (Fsp3) is 0.208. The van der Waals surface area contributed by atoms with Crippen LogP contribution in [0.3, 0.4) is 0 Å². The van der Waals surface area contributed by atoms with Crippen LogP contribution in [0.25, 0.3) is 11.0 Å². The number of hydrogen-bond donors (Lipinski definition) is 1. The fourth-order valence-corrected chi connectivity index (χ4v) is 4.93. The van der Waals surface area contributed by atoms with Gasteiger partial charge >= 0.3 is 0 Å². The normalized spacial score (nSPS) is 11.7. The van der Waals surface area contributed by atoms with E-state index in [1.54, 1.807) is 19.1 Å². The van der Waals surface area contributed by atoms with Crippen molar-refractivity contribution in [3.8, 4) is 0 Å². The summed E-state index contributed by atoms with van der Waals surface area (Å²) >= 11 is 0. The molecule has 7 heteroatoms. The van der Waals surface area contributed by atoms with Gasteiger partial charge in [-0.15, -0.1) is 0 Å². The molecule has 0 aliphatic heterocycles. The second-order valence-electron chi connectivity index (χ2n) is 7.43. The first kappa shape index (κ1) is 21.1. The Morgan fingerprint density at radius 3 is 2.52 bits per heavy atom. The molecule has 5 nitrogen and oxygen atoms in total. The second-order valence-corrected chi connectivity index (χ2v) is 9.12. The van der Waals surface area contributed by atoms with Gasteiger partial charge in [-0.1, -0.05) is 30.3 Å². The summed E-state index contributed by atoms with van der Waals surface area (Å²) in [6.07, 6.45) is 1.31. The Balaban J connectivity index is 1.59. The molecule has 1 N–H and O–H groups in total. The predicted octanol–water partition coefficient (Wildman–Crippen LogP) is 5.09. The summed E-state index contributed by atoms with van der Waals surface area (Å²) < 4.78 is 44.1. The highest BCUT2D eigenvalue weighted by atomic mass is 32.2. The number of aromatic nitrogens is 2. The van der Waals surface area contributed by atoms with Crippen LogP contribution in [0.2, 0.25) is 0 Å². The van der Waals surface area contributed by atoms with Crippen molar-refractivity contribution >= 4 is 26.7 Å². The number of imidazole rings is 1. The number of benzene rings is 3. The second kappa shape index (κ2) is 8.51. The molecule has 31 heavy (non-hydrogen) atoms. The summed E-state index contributed by atoms with van der Waals surface area (Å²) in [6, 6.07) is 19.1. The van der Waals surface area contributed by atoms with Crippen LogP contribution < -0.4 is 4.72 Å². The summed E-state index contributed by atoms with van der Waals surface area (Å²) in [5, 5.41) is 0. The first-order valence-electron chi connectivity index (χ1n) is 10.2. The van der Waals surface area contributed by atoms with E-state index in [0.29, 0.717) is 18.5 Å². The van der Waals surface area contributed by atoms with Crippen LogP contribution in [0.1, 0.15) is 23.9 Å². The Hall–Kier alpha value is -3.19. The lowest BCUT2D eigenvalue weighted by atomic mass is 10.1. The van der Waals surface area contributed by atoms with Gasteiger partial charge in [-0.3, -0.25) is 4.72 Å². The lowest BCUT2D eigenvalue weighted by Gasteiger charge is -2.13. The summed E-state index contributed by atoms with van der Waals surface area (Å²) in [5.41, 5.74) is 3.73. The smallest absolute Gasteiger partial charge is 0.261 e. The molecule has 0 fully saturated rings. The van der Waals surface area contributed by atoms with Gasteiger partial charge in [0, 0.05) is 13.0 Å². The molecule has 3 aromatic carbocycles. The van der Waals surface area contributed by atoms with Gasteiger partial charge in [0.1, 0.15) is 11.6 Å². The van der Waals surface area contributed by atoms with E-state index < -0.39 is 15.8 Å². The van der Waals surface area contributed by atoms with Gasteiger partial charge in [0.15, 0.2) is 0 Å². The van der Waals surface area contributed by atoms with Crippen LogP contribution in [0.5, 0.6) is 0 Å². The zero-order chi connectivity index (χ0) is 22.0. The fourth-order valence-electron chi connectivity index (χ4n) is 3.74. The summed E-state index contributed by atoms with van der Waals surface area (Å²) in [5.74, 6) is 0.536. The third-order valence-electron chi connectivity index (χ3n) is 5.37. The highest BCUT2D eigenvalue weighted by Gasteiger charge is 2.18. The number of nitrogens with one attached hydrogen (secondary N) is 1. The summed E-state index contributed by atoms with van der Waals surface area (Å²) in [4.78, 5) is 4.79. The molecule has 0 amide bonds. The molecular formula is C24H24FN3O2S. The number of para-hydroxylation sites is 3. The van der Waals surface area contributed by atoms with Crippen LogP contribution in [-0.4, -0.2) is 18.0 Å². The summed E-state index contributed by atoms with van der Waals surface area (Å²) in [6.45, 7) is 4.44. The lowest BCUT2D eigenvalue weighted by Crippen LogP contribution is -2.15. The Kier molecular flexibility index (Phi) is 5.78. The zero-order valence-corrected chi connectivity index (χ0v) is 18.3. The van der Waals surface area contributed by atoms with E-state index in [1.165, 1.54) is 18.2 Å². The van der Waals surface area contributed by atoms with Crippen LogP contribution in [-0.2, 0) is 29.4 Å². The first-order valence-corrected chi connectivity index (χ1v) is 11.7. The molecule has 0 unspecified atom stereocenters. The van der Waals surface area contributed by atoms with Gasteiger partial charge in [-0.05, 0) is 67.8 Å². The Bertz CT molecular complexity index is 1350. The van der Waals surface area contributed by atoms with Crippen LogP contribution in [0, 0.1) is 12.7 Å². The van der Waals surface area contributed by atoms with Gasteiger partial charge < -0.3 is 4.57 Å². The number of anilines is 1. The standard InChI is InChI=1S/C24H24FN3O2S/c1-3-28-23-11-7-6-10-22(23)26-24(28)15-12-18-8-4-5-9-21(18)27-31(29,30)19-13-14-20(25)17(2)16-19/h4-11,13-14,16,27H,3,12,15H2,1-2H3. The predicted molar refractivity (Wildman–Crippen MR) is 121 cm³/mol. The minimum atomic E-state index is -3.83. The number of aryl methyl sites for hydroxylation is 4. The topological polar surface area (TPSA) is 64.0 Å². The molecule has 0 saturated heterocycles. The van der Waals surface area contributed by atoms with Crippen molar-refractivity contribution < 1.29 is 12.8 Å². The molecule has 0 atom stereocenters. The molecule has 0 bridgehead atoms. The molecule has 0 radical (unpaired) electrons. The van der Waals surface area contributed by atoms with Crippen molar-refractivity contribution in [3.63, 3.8) is 0 Å². The Labute approximate surface area is 181 Å². The molecule has 160 valence electrons. The third-order valence-corrected chi connectivity index (χ3v) is 6.73. The lowest BCUT2D eigenvalue weighted by molar-refractivity contribution is 0.598. The molecule has 0 aliphatic carbocycles. The molecule has 4 aromatic rings. The highest BCUT2D eigenvalue weighted by molar-refractivity contribution is 7.92. The van der Waals surface area contributed by atoms with E-state index >= 15 is 0 Å². The van der Waals surface area contributed by atoms with E-state index in [-0.39, 0.29) is 10.5 Å². The van der Waals surface area contributed by atoms with Crippen LogP contribution in [0.15, 0.2) is 71.6 Å². The molecule has 0 aliphatic rings.